The van der Waals surface area contributed by atoms with E-state index in [0.29, 0.717) is 6.01 Å². The van der Waals surface area contributed by atoms with Crippen molar-refractivity contribution in [3.05, 3.63) is 54.4 Å². The molecule has 3 rings (SSSR count). The van der Waals surface area contributed by atoms with Crippen molar-refractivity contribution in [2.24, 2.45) is 0 Å². The number of benzene rings is 1. The van der Waals surface area contributed by atoms with Gasteiger partial charge in [-0.1, -0.05) is 30.3 Å². The van der Waals surface area contributed by atoms with Crippen LogP contribution < -0.4 is 9.46 Å². The van der Waals surface area contributed by atoms with E-state index in [1.165, 1.54) is 0 Å². The first kappa shape index (κ1) is 16.9. The van der Waals surface area contributed by atoms with Crippen molar-refractivity contribution in [3.8, 4) is 6.01 Å². The van der Waals surface area contributed by atoms with E-state index in [1.54, 1.807) is 18.5 Å². The van der Waals surface area contributed by atoms with E-state index < -0.39 is 10.0 Å². The lowest BCUT2D eigenvalue weighted by molar-refractivity contribution is 0.132. The average molecular weight is 347 g/mol. The van der Waals surface area contributed by atoms with Gasteiger partial charge in [-0.2, -0.15) is 0 Å². The van der Waals surface area contributed by atoms with Gasteiger partial charge in [0.15, 0.2) is 0 Å². The zero-order valence-corrected chi connectivity index (χ0v) is 14.2. The summed E-state index contributed by atoms with van der Waals surface area (Å²) >= 11 is 0. The van der Waals surface area contributed by atoms with Crippen LogP contribution in [0.2, 0.25) is 0 Å². The standard InChI is InChI=1S/C17H21N3O3S/c21-24(22,13-14-5-2-1-3-6-14)20-15-7-9-16(10-8-15)23-17-18-11-4-12-19-17/h1-6,11-12,15-16,20H,7-10,13H2. The Labute approximate surface area is 142 Å². The van der Waals surface area contributed by atoms with Gasteiger partial charge in [0, 0.05) is 18.4 Å². The van der Waals surface area contributed by atoms with Crippen LogP contribution in [0.5, 0.6) is 6.01 Å². The fourth-order valence-corrected chi connectivity index (χ4v) is 4.34. The summed E-state index contributed by atoms with van der Waals surface area (Å²) in [5.74, 6) is 0.0160. The zero-order valence-electron chi connectivity index (χ0n) is 13.3. The Balaban J connectivity index is 1.48. The largest absolute Gasteiger partial charge is 0.460 e. The summed E-state index contributed by atoms with van der Waals surface area (Å²) in [7, 11) is -3.33. The quantitative estimate of drug-likeness (QED) is 0.867. The van der Waals surface area contributed by atoms with Gasteiger partial charge in [-0.05, 0) is 37.3 Å². The van der Waals surface area contributed by atoms with E-state index in [2.05, 4.69) is 14.7 Å². The summed E-state index contributed by atoms with van der Waals surface area (Å²) in [6.45, 7) is 0. The molecule has 0 aliphatic heterocycles. The number of hydrogen-bond acceptors (Lipinski definition) is 5. The molecule has 0 saturated heterocycles. The van der Waals surface area contributed by atoms with Crippen molar-refractivity contribution < 1.29 is 13.2 Å². The maximum atomic E-state index is 12.3. The third-order valence-electron chi connectivity index (χ3n) is 4.03. The van der Waals surface area contributed by atoms with Crippen molar-refractivity contribution in [3.63, 3.8) is 0 Å². The summed E-state index contributed by atoms with van der Waals surface area (Å²) < 4.78 is 33.1. The number of sulfonamides is 1. The van der Waals surface area contributed by atoms with E-state index in [9.17, 15) is 8.42 Å². The average Bonchev–Trinajstić information content (AvgIpc) is 2.58. The predicted molar refractivity (Wildman–Crippen MR) is 90.9 cm³/mol. The smallest absolute Gasteiger partial charge is 0.316 e. The monoisotopic (exact) mass is 347 g/mol. The van der Waals surface area contributed by atoms with Crippen molar-refractivity contribution in [2.75, 3.05) is 0 Å². The number of nitrogens with one attached hydrogen (secondary N) is 1. The van der Waals surface area contributed by atoms with Crippen molar-refractivity contribution in [2.45, 2.75) is 43.6 Å². The maximum Gasteiger partial charge on any atom is 0.316 e. The van der Waals surface area contributed by atoms with Gasteiger partial charge in [0.1, 0.15) is 6.10 Å². The molecule has 1 aromatic carbocycles. The Kier molecular flexibility index (Phi) is 5.42. The molecular weight excluding hydrogens is 326 g/mol. The van der Waals surface area contributed by atoms with E-state index >= 15 is 0 Å². The molecule has 1 aromatic heterocycles. The lowest BCUT2D eigenvalue weighted by Gasteiger charge is -2.28. The lowest BCUT2D eigenvalue weighted by Crippen LogP contribution is -2.40. The maximum absolute atomic E-state index is 12.3. The highest BCUT2D eigenvalue weighted by Crippen LogP contribution is 2.22. The minimum atomic E-state index is -3.33. The molecule has 1 saturated carbocycles. The molecule has 2 aromatic rings. The molecular formula is C17H21N3O3S. The minimum absolute atomic E-state index is 0.0160. The normalized spacial score (nSPS) is 21.3. The highest BCUT2D eigenvalue weighted by Gasteiger charge is 2.26. The van der Waals surface area contributed by atoms with Crippen LogP contribution in [-0.2, 0) is 15.8 Å². The first-order valence-corrected chi connectivity index (χ1v) is 9.73. The highest BCUT2D eigenvalue weighted by molar-refractivity contribution is 7.88. The van der Waals surface area contributed by atoms with Crippen molar-refractivity contribution >= 4 is 10.0 Å². The molecule has 1 N–H and O–H groups in total. The van der Waals surface area contributed by atoms with Gasteiger partial charge in [-0.25, -0.2) is 23.1 Å². The third kappa shape index (κ3) is 5.01. The summed E-state index contributed by atoms with van der Waals surface area (Å²) in [5, 5.41) is 0. The van der Waals surface area contributed by atoms with Gasteiger partial charge >= 0.3 is 6.01 Å². The molecule has 1 heterocycles. The SMILES string of the molecule is O=S(=O)(Cc1ccccc1)NC1CCC(Oc2ncccn2)CC1. The molecule has 0 atom stereocenters. The molecule has 24 heavy (non-hydrogen) atoms. The Morgan fingerprint density at radius 3 is 2.33 bits per heavy atom. The third-order valence-corrected chi connectivity index (χ3v) is 5.44. The second-order valence-corrected chi connectivity index (χ2v) is 7.74. The second kappa shape index (κ2) is 7.72. The summed E-state index contributed by atoms with van der Waals surface area (Å²) in [4.78, 5) is 8.11. The zero-order chi connectivity index (χ0) is 16.8. The van der Waals surface area contributed by atoms with Crippen LogP contribution in [0.1, 0.15) is 31.2 Å². The van der Waals surface area contributed by atoms with Gasteiger partial charge in [0.05, 0.1) is 5.75 Å². The lowest BCUT2D eigenvalue weighted by atomic mass is 9.94. The highest BCUT2D eigenvalue weighted by atomic mass is 32.2. The molecule has 0 bridgehead atoms. The molecule has 1 aliphatic carbocycles. The van der Waals surface area contributed by atoms with Gasteiger partial charge in [-0.15, -0.1) is 0 Å². The summed E-state index contributed by atoms with van der Waals surface area (Å²) in [5.41, 5.74) is 0.795. The summed E-state index contributed by atoms with van der Waals surface area (Å²) in [6.07, 6.45) is 6.42. The molecule has 6 nitrogen and oxygen atoms in total. The van der Waals surface area contributed by atoms with Gasteiger partial charge < -0.3 is 4.74 Å². The summed E-state index contributed by atoms with van der Waals surface area (Å²) in [6, 6.07) is 11.3. The molecule has 1 aliphatic rings. The molecule has 7 heteroatoms. The topological polar surface area (TPSA) is 81.2 Å². The van der Waals surface area contributed by atoms with Gasteiger partial charge in [0.2, 0.25) is 10.0 Å². The van der Waals surface area contributed by atoms with Crippen LogP contribution in [0.4, 0.5) is 0 Å². The number of aromatic nitrogens is 2. The van der Waals surface area contributed by atoms with Crippen LogP contribution in [-0.4, -0.2) is 30.5 Å². The Hall–Kier alpha value is -1.99. The molecule has 0 spiro atoms. The molecule has 0 radical (unpaired) electrons. The van der Waals surface area contributed by atoms with Crippen LogP contribution in [0.25, 0.3) is 0 Å². The number of hydrogen-bond donors (Lipinski definition) is 1. The number of nitrogens with zero attached hydrogens (tertiary/aromatic N) is 2. The molecule has 128 valence electrons. The van der Waals surface area contributed by atoms with E-state index in [0.717, 1.165) is 31.2 Å². The number of ether oxygens (including phenoxy) is 1. The van der Waals surface area contributed by atoms with E-state index in [4.69, 9.17) is 4.74 Å². The van der Waals surface area contributed by atoms with Crippen LogP contribution in [0.3, 0.4) is 0 Å². The first-order chi connectivity index (χ1) is 11.6. The van der Waals surface area contributed by atoms with Gasteiger partial charge in [0.25, 0.3) is 0 Å². The van der Waals surface area contributed by atoms with Crippen molar-refractivity contribution in [1.82, 2.24) is 14.7 Å². The fraction of sp³-hybridized carbons (Fsp3) is 0.412. The Morgan fingerprint density at radius 1 is 1.00 bits per heavy atom. The van der Waals surface area contributed by atoms with Gasteiger partial charge in [-0.3, -0.25) is 0 Å². The molecule has 0 unspecified atom stereocenters. The Morgan fingerprint density at radius 2 is 1.67 bits per heavy atom. The van der Waals surface area contributed by atoms with Crippen LogP contribution in [0, 0.1) is 0 Å². The van der Waals surface area contributed by atoms with E-state index in [-0.39, 0.29) is 17.9 Å². The molecule has 1 fully saturated rings. The molecule has 0 amide bonds. The van der Waals surface area contributed by atoms with Crippen LogP contribution in [0.15, 0.2) is 48.8 Å². The van der Waals surface area contributed by atoms with Crippen LogP contribution >= 0.6 is 0 Å². The second-order valence-electron chi connectivity index (χ2n) is 5.99. The number of rotatable bonds is 6. The fourth-order valence-electron chi connectivity index (χ4n) is 2.88. The van der Waals surface area contributed by atoms with Crippen molar-refractivity contribution in [1.29, 1.82) is 0 Å². The minimum Gasteiger partial charge on any atom is -0.460 e. The van der Waals surface area contributed by atoms with E-state index in [1.807, 2.05) is 30.3 Å². The Bertz CT molecular complexity index is 730. The first-order valence-electron chi connectivity index (χ1n) is 8.08. The predicted octanol–water partition coefficient (Wildman–Crippen LogP) is 2.29.